The molecular weight excluding hydrogens is 296 g/mol. The second kappa shape index (κ2) is 6.31. The van der Waals surface area contributed by atoms with Crippen LogP contribution >= 0.6 is 15.9 Å². The van der Waals surface area contributed by atoms with Gasteiger partial charge in [0.25, 0.3) is 5.91 Å². The van der Waals surface area contributed by atoms with E-state index in [1.54, 1.807) is 0 Å². The molecule has 1 aliphatic heterocycles. The number of carbonyl (C=O) groups excluding carboxylic acids is 1. The van der Waals surface area contributed by atoms with E-state index in [-0.39, 0.29) is 11.9 Å². The molecule has 1 aromatic rings. The monoisotopic (exact) mass is 312 g/mol. The lowest BCUT2D eigenvalue weighted by Crippen LogP contribution is -2.49. The number of benzene rings is 1. The third-order valence-corrected chi connectivity index (χ3v) is 3.55. The van der Waals surface area contributed by atoms with Crippen LogP contribution in [0.4, 0.5) is 0 Å². The molecule has 4 nitrogen and oxygen atoms in total. The van der Waals surface area contributed by atoms with Crippen molar-refractivity contribution in [2.24, 2.45) is 5.73 Å². The quantitative estimate of drug-likeness (QED) is 0.923. The zero-order valence-electron chi connectivity index (χ0n) is 10.1. The normalized spacial score (nSPS) is 19.9. The highest BCUT2D eigenvalue weighted by atomic mass is 79.9. The van der Waals surface area contributed by atoms with Gasteiger partial charge in [-0.1, -0.05) is 22.0 Å². The van der Waals surface area contributed by atoms with Crippen molar-refractivity contribution >= 4 is 21.8 Å². The van der Waals surface area contributed by atoms with E-state index < -0.39 is 0 Å². The molecule has 1 unspecified atom stereocenters. The molecule has 5 heteroatoms. The Kier molecular flexibility index (Phi) is 4.74. The fourth-order valence-corrected chi connectivity index (χ4v) is 2.54. The third kappa shape index (κ3) is 3.10. The van der Waals surface area contributed by atoms with Crippen LogP contribution in [-0.4, -0.2) is 43.2 Å². The first-order chi connectivity index (χ1) is 8.72. The van der Waals surface area contributed by atoms with Gasteiger partial charge in [0.1, 0.15) is 0 Å². The van der Waals surface area contributed by atoms with Gasteiger partial charge in [-0.05, 0) is 31.2 Å². The summed E-state index contributed by atoms with van der Waals surface area (Å²) >= 11 is 3.38. The minimum absolute atomic E-state index is 0.0538. The smallest absolute Gasteiger partial charge is 0.254 e. The molecule has 0 saturated carbocycles. The van der Waals surface area contributed by atoms with Crippen molar-refractivity contribution in [2.45, 2.75) is 12.5 Å². The molecule has 98 valence electrons. The summed E-state index contributed by atoms with van der Waals surface area (Å²) in [5.74, 6) is 0.0538. The summed E-state index contributed by atoms with van der Waals surface area (Å²) in [5, 5.41) is 0. The van der Waals surface area contributed by atoms with E-state index >= 15 is 0 Å². The maximum atomic E-state index is 12.4. The molecule has 1 aromatic carbocycles. The van der Waals surface area contributed by atoms with E-state index in [0.717, 1.165) is 10.9 Å². The van der Waals surface area contributed by atoms with Gasteiger partial charge in [0.15, 0.2) is 0 Å². The number of morpholine rings is 1. The lowest BCUT2D eigenvalue weighted by molar-refractivity contribution is -0.00344. The summed E-state index contributed by atoms with van der Waals surface area (Å²) in [6.45, 7) is 2.38. The second-order valence-corrected chi connectivity index (χ2v) is 5.23. The Hall–Kier alpha value is -0.910. The topological polar surface area (TPSA) is 55.6 Å². The molecule has 0 aliphatic carbocycles. The van der Waals surface area contributed by atoms with Crippen molar-refractivity contribution in [1.29, 1.82) is 0 Å². The van der Waals surface area contributed by atoms with Crippen LogP contribution in [-0.2, 0) is 4.74 Å². The van der Waals surface area contributed by atoms with Gasteiger partial charge in [-0.15, -0.1) is 0 Å². The van der Waals surface area contributed by atoms with Gasteiger partial charge in [-0.3, -0.25) is 4.79 Å². The molecule has 1 atom stereocenters. The van der Waals surface area contributed by atoms with E-state index in [4.69, 9.17) is 10.5 Å². The van der Waals surface area contributed by atoms with E-state index in [9.17, 15) is 4.79 Å². The Bertz CT molecular complexity index is 423. The van der Waals surface area contributed by atoms with Gasteiger partial charge in [0.2, 0.25) is 0 Å². The molecule has 1 heterocycles. The standard InChI is InChI=1S/C13H17BrN2O2/c14-11-3-1-2-10(8-11)13(17)16-6-7-18-9-12(16)4-5-15/h1-3,8,12H,4-7,9,15H2. The van der Waals surface area contributed by atoms with Crippen LogP contribution in [0, 0.1) is 0 Å². The van der Waals surface area contributed by atoms with E-state index in [2.05, 4.69) is 15.9 Å². The number of halogens is 1. The van der Waals surface area contributed by atoms with Crippen molar-refractivity contribution in [3.63, 3.8) is 0 Å². The Morgan fingerprint density at radius 1 is 1.56 bits per heavy atom. The molecule has 1 saturated heterocycles. The van der Waals surface area contributed by atoms with Crippen molar-refractivity contribution in [2.75, 3.05) is 26.3 Å². The first-order valence-electron chi connectivity index (χ1n) is 6.06. The highest BCUT2D eigenvalue weighted by Crippen LogP contribution is 2.17. The van der Waals surface area contributed by atoms with E-state index in [1.807, 2.05) is 29.2 Å². The zero-order valence-corrected chi connectivity index (χ0v) is 11.7. The second-order valence-electron chi connectivity index (χ2n) is 4.31. The first-order valence-corrected chi connectivity index (χ1v) is 6.86. The number of hydrogen-bond donors (Lipinski definition) is 1. The summed E-state index contributed by atoms with van der Waals surface area (Å²) in [6.07, 6.45) is 0.778. The average molecular weight is 313 g/mol. The van der Waals surface area contributed by atoms with Crippen LogP contribution < -0.4 is 5.73 Å². The number of ether oxygens (including phenoxy) is 1. The van der Waals surface area contributed by atoms with Crippen molar-refractivity contribution < 1.29 is 9.53 Å². The van der Waals surface area contributed by atoms with Crippen molar-refractivity contribution in [1.82, 2.24) is 4.90 Å². The molecular formula is C13H17BrN2O2. The van der Waals surface area contributed by atoms with Gasteiger partial charge in [0, 0.05) is 16.6 Å². The van der Waals surface area contributed by atoms with Crippen molar-refractivity contribution in [3.8, 4) is 0 Å². The Morgan fingerprint density at radius 2 is 2.39 bits per heavy atom. The summed E-state index contributed by atoms with van der Waals surface area (Å²) in [7, 11) is 0. The third-order valence-electron chi connectivity index (χ3n) is 3.06. The maximum absolute atomic E-state index is 12.4. The van der Waals surface area contributed by atoms with Gasteiger partial charge >= 0.3 is 0 Å². The molecule has 2 N–H and O–H groups in total. The van der Waals surface area contributed by atoms with Crippen LogP contribution in [0.25, 0.3) is 0 Å². The lowest BCUT2D eigenvalue weighted by Gasteiger charge is -2.35. The van der Waals surface area contributed by atoms with Crippen LogP contribution in [0.5, 0.6) is 0 Å². The molecule has 1 aliphatic rings. The molecule has 2 rings (SSSR count). The van der Waals surface area contributed by atoms with Crippen LogP contribution in [0.3, 0.4) is 0 Å². The molecule has 0 radical (unpaired) electrons. The largest absolute Gasteiger partial charge is 0.377 e. The predicted molar refractivity (Wildman–Crippen MR) is 73.5 cm³/mol. The molecule has 18 heavy (non-hydrogen) atoms. The molecule has 0 aromatic heterocycles. The average Bonchev–Trinajstić information content (AvgIpc) is 2.39. The number of rotatable bonds is 3. The highest BCUT2D eigenvalue weighted by molar-refractivity contribution is 9.10. The van der Waals surface area contributed by atoms with E-state index in [1.165, 1.54) is 0 Å². The Balaban J connectivity index is 2.15. The lowest BCUT2D eigenvalue weighted by atomic mass is 10.1. The number of amides is 1. The first kappa shape index (κ1) is 13.5. The number of carbonyl (C=O) groups is 1. The number of hydrogen-bond acceptors (Lipinski definition) is 3. The SMILES string of the molecule is NCCC1COCCN1C(=O)c1cccc(Br)c1. The summed E-state index contributed by atoms with van der Waals surface area (Å²) in [4.78, 5) is 14.3. The van der Waals surface area contributed by atoms with Crippen LogP contribution in [0.15, 0.2) is 28.7 Å². The molecule has 1 amide bonds. The molecule has 0 spiro atoms. The highest BCUT2D eigenvalue weighted by Gasteiger charge is 2.27. The van der Waals surface area contributed by atoms with Gasteiger partial charge in [-0.25, -0.2) is 0 Å². The van der Waals surface area contributed by atoms with Crippen LogP contribution in [0.2, 0.25) is 0 Å². The van der Waals surface area contributed by atoms with Crippen LogP contribution in [0.1, 0.15) is 16.8 Å². The summed E-state index contributed by atoms with van der Waals surface area (Å²) in [6, 6.07) is 7.55. The van der Waals surface area contributed by atoms with E-state index in [0.29, 0.717) is 31.9 Å². The fourth-order valence-electron chi connectivity index (χ4n) is 2.14. The van der Waals surface area contributed by atoms with Gasteiger partial charge < -0.3 is 15.4 Å². The maximum Gasteiger partial charge on any atom is 0.254 e. The Labute approximate surface area is 115 Å². The fraction of sp³-hybridized carbons (Fsp3) is 0.462. The zero-order chi connectivity index (χ0) is 13.0. The minimum atomic E-state index is 0.0538. The molecule has 1 fully saturated rings. The number of nitrogens with two attached hydrogens (primary N) is 1. The minimum Gasteiger partial charge on any atom is -0.377 e. The number of nitrogens with zero attached hydrogens (tertiary/aromatic N) is 1. The summed E-state index contributed by atoms with van der Waals surface area (Å²) in [5.41, 5.74) is 6.29. The summed E-state index contributed by atoms with van der Waals surface area (Å²) < 4.78 is 6.33. The molecule has 0 bridgehead atoms. The van der Waals surface area contributed by atoms with Gasteiger partial charge in [-0.2, -0.15) is 0 Å². The Morgan fingerprint density at radius 3 is 3.11 bits per heavy atom. The predicted octanol–water partition coefficient (Wildman–Crippen LogP) is 1.64. The van der Waals surface area contributed by atoms with Crippen molar-refractivity contribution in [3.05, 3.63) is 34.3 Å². The van der Waals surface area contributed by atoms with Gasteiger partial charge in [0.05, 0.1) is 19.3 Å².